The third-order valence-electron chi connectivity index (χ3n) is 1.61. The lowest BCUT2D eigenvalue weighted by molar-refractivity contribution is 0.622. The van der Waals surface area contributed by atoms with E-state index in [1.807, 2.05) is 0 Å². The average Bonchev–Trinajstić information content (AvgIpc) is 1.82. The van der Waals surface area contributed by atoms with Crippen LogP contribution in [-0.4, -0.2) is 0 Å². The van der Waals surface area contributed by atoms with Crippen LogP contribution in [0.4, 0.5) is 0 Å². The zero-order valence-corrected chi connectivity index (χ0v) is 8.56. The minimum absolute atomic E-state index is 0.184. The first kappa shape index (κ1) is 8.79. The van der Waals surface area contributed by atoms with Crippen LogP contribution in [0.1, 0.15) is 20.3 Å². The minimum atomic E-state index is 0.184. The molecule has 0 fully saturated rings. The van der Waals surface area contributed by atoms with Gasteiger partial charge >= 0.3 is 0 Å². The van der Waals surface area contributed by atoms with E-state index < -0.39 is 0 Å². The smallest absolute Gasteiger partial charge is 0.0140 e. The summed E-state index contributed by atoms with van der Waals surface area (Å²) in [6, 6.07) is 0. The first-order valence-corrected chi connectivity index (χ1v) is 4.62. The van der Waals surface area contributed by atoms with Crippen LogP contribution >= 0.6 is 15.9 Å². The summed E-state index contributed by atoms with van der Waals surface area (Å²) in [6.45, 7) is 4.40. The number of hydrogen-bond donors (Lipinski definition) is 0. The molecule has 0 N–H and O–H groups in total. The number of hydrogen-bond acceptors (Lipinski definition) is 0. The van der Waals surface area contributed by atoms with Gasteiger partial charge in [0.1, 0.15) is 0 Å². The van der Waals surface area contributed by atoms with Crippen molar-refractivity contribution in [1.82, 2.24) is 0 Å². The molecule has 1 rings (SSSR count). The van der Waals surface area contributed by atoms with Gasteiger partial charge in [-0.3, -0.25) is 0 Å². The standard InChI is InChI=1S/C10H13Br/c1-10(2)7-5-3-4-6-9(11)8-10/h4-8H,3H2,1-2H3/b6-4-,7-5-,9-8+. The van der Waals surface area contributed by atoms with Crippen LogP contribution in [0.2, 0.25) is 0 Å². The van der Waals surface area contributed by atoms with E-state index in [2.05, 4.69) is 60.2 Å². The Balaban J connectivity index is 2.92. The number of halogens is 1. The maximum atomic E-state index is 3.49. The van der Waals surface area contributed by atoms with Crippen molar-refractivity contribution in [2.75, 3.05) is 0 Å². The molecule has 1 aliphatic carbocycles. The van der Waals surface area contributed by atoms with Gasteiger partial charge in [0, 0.05) is 9.90 Å². The van der Waals surface area contributed by atoms with Gasteiger partial charge in [0.25, 0.3) is 0 Å². The molecule has 0 radical (unpaired) electrons. The molecule has 0 aromatic carbocycles. The largest absolute Gasteiger partial charge is 0.0839 e. The topological polar surface area (TPSA) is 0 Å². The van der Waals surface area contributed by atoms with Crippen LogP contribution < -0.4 is 0 Å². The molecule has 0 unspecified atom stereocenters. The Kier molecular flexibility index (Phi) is 2.72. The molecule has 0 aromatic rings. The Hall–Kier alpha value is -0.300. The average molecular weight is 213 g/mol. The summed E-state index contributed by atoms with van der Waals surface area (Å²) in [7, 11) is 0. The van der Waals surface area contributed by atoms with Gasteiger partial charge in [0.15, 0.2) is 0 Å². The summed E-state index contributed by atoms with van der Waals surface area (Å²) < 4.78 is 1.17. The van der Waals surface area contributed by atoms with Gasteiger partial charge in [-0.05, 0) is 6.42 Å². The van der Waals surface area contributed by atoms with Crippen LogP contribution in [0.5, 0.6) is 0 Å². The van der Waals surface area contributed by atoms with E-state index in [4.69, 9.17) is 0 Å². The van der Waals surface area contributed by atoms with Crippen LogP contribution in [0.3, 0.4) is 0 Å². The Labute approximate surface area is 76.8 Å². The van der Waals surface area contributed by atoms with E-state index in [0.29, 0.717) is 0 Å². The second-order valence-corrected chi connectivity index (χ2v) is 4.31. The molecule has 0 atom stereocenters. The fourth-order valence-corrected chi connectivity index (χ4v) is 1.86. The van der Waals surface area contributed by atoms with Crippen molar-refractivity contribution in [2.45, 2.75) is 20.3 Å². The Morgan fingerprint density at radius 1 is 1.36 bits per heavy atom. The predicted octanol–water partition coefficient (Wildman–Crippen LogP) is 3.81. The molecule has 0 aromatic heterocycles. The first-order chi connectivity index (χ1) is 5.10. The zero-order valence-electron chi connectivity index (χ0n) is 6.97. The van der Waals surface area contributed by atoms with E-state index in [1.165, 1.54) is 4.48 Å². The number of allylic oxidation sites excluding steroid dienone is 6. The lowest BCUT2D eigenvalue weighted by Crippen LogP contribution is -2.03. The van der Waals surface area contributed by atoms with E-state index >= 15 is 0 Å². The fourth-order valence-electron chi connectivity index (χ4n) is 1.08. The van der Waals surface area contributed by atoms with Crippen molar-refractivity contribution in [3.63, 3.8) is 0 Å². The van der Waals surface area contributed by atoms with Crippen LogP contribution in [-0.2, 0) is 0 Å². The zero-order chi connectivity index (χ0) is 8.32. The van der Waals surface area contributed by atoms with E-state index in [-0.39, 0.29) is 5.41 Å². The molecular formula is C10H13Br. The van der Waals surface area contributed by atoms with Gasteiger partial charge in [0.05, 0.1) is 0 Å². The van der Waals surface area contributed by atoms with Crippen molar-refractivity contribution in [1.29, 1.82) is 0 Å². The number of rotatable bonds is 0. The van der Waals surface area contributed by atoms with E-state index in [1.54, 1.807) is 0 Å². The molecule has 11 heavy (non-hydrogen) atoms. The van der Waals surface area contributed by atoms with Crippen molar-refractivity contribution in [3.05, 3.63) is 34.9 Å². The molecule has 60 valence electrons. The van der Waals surface area contributed by atoms with Crippen LogP contribution in [0.25, 0.3) is 0 Å². The van der Waals surface area contributed by atoms with Crippen molar-refractivity contribution in [3.8, 4) is 0 Å². The van der Waals surface area contributed by atoms with Gasteiger partial charge < -0.3 is 0 Å². The molecule has 0 saturated heterocycles. The molecule has 0 saturated carbocycles. The summed E-state index contributed by atoms with van der Waals surface area (Å²) >= 11 is 3.49. The molecule has 1 aliphatic rings. The summed E-state index contributed by atoms with van der Waals surface area (Å²) in [5, 5.41) is 0. The third-order valence-corrected chi connectivity index (χ3v) is 2.10. The van der Waals surface area contributed by atoms with Crippen molar-refractivity contribution < 1.29 is 0 Å². The SMILES string of the molecule is CC1(C)/C=C\C/C=C\C(Br)=C/1. The normalized spacial score (nSPS) is 32.8. The van der Waals surface area contributed by atoms with Crippen LogP contribution in [0.15, 0.2) is 34.9 Å². The van der Waals surface area contributed by atoms with Crippen molar-refractivity contribution >= 4 is 15.9 Å². The molecule has 0 nitrogen and oxygen atoms in total. The Bertz CT molecular complexity index is 219. The summed E-state index contributed by atoms with van der Waals surface area (Å²) in [5.74, 6) is 0. The highest BCUT2D eigenvalue weighted by molar-refractivity contribution is 9.11. The van der Waals surface area contributed by atoms with Crippen LogP contribution in [0, 0.1) is 5.41 Å². The highest BCUT2D eigenvalue weighted by atomic mass is 79.9. The Morgan fingerprint density at radius 2 is 2.09 bits per heavy atom. The second-order valence-electron chi connectivity index (χ2n) is 3.39. The van der Waals surface area contributed by atoms with Gasteiger partial charge in [-0.15, -0.1) is 0 Å². The molecule has 0 aliphatic heterocycles. The molecule has 1 heteroatoms. The maximum Gasteiger partial charge on any atom is 0.0140 e. The first-order valence-electron chi connectivity index (χ1n) is 3.83. The predicted molar refractivity (Wildman–Crippen MR) is 53.7 cm³/mol. The Morgan fingerprint density at radius 3 is 2.82 bits per heavy atom. The highest BCUT2D eigenvalue weighted by Gasteiger charge is 2.10. The highest BCUT2D eigenvalue weighted by Crippen LogP contribution is 2.25. The third kappa shape index (κ3) is 3.06. The summed E-state index contributed by atoms with van der Waals surface area (Å²) in [6.07, 6.45) is 11.9. The van der Waals surface area contributed by atoms with E-state index in [0.717, 1.165) is 6.42 Å². The lowest BCUT2D eigenvalue weighted by Gasteiger charge is -2.16. The van der Waals surface area contributed by atoms with Gasteiger partial charge in [-0.25, -0.2) is 0 Å². The second kappa shape index (κ2) is 3.40. The minimum Gasteiger partial charge on any atom is -0.0839 e. The fraction of sp³-hybridized carbons (Fsp3) is 0.400. The molecule has 0 heterocycles. The summed E-state index contributed by atoms with van der Waals surface area (Å²) in [4.78, 5) is 0. The van der Waals surface area contributed by atoms with E-state index in [9.17, 15) is 0 Å². The molecule has 0 amide bonds. The van der Waals surface area contributed by atoms with Gasteiger partial charge in [-0.1, -0.05) is 60.2 Å². The molecule has 0 bridgehead atoms. The quantitative estimate of drug-likeness (QED) is 0.537. The maximum absolute atomic E-state index is 3.49. The van der Waals surface area contributed by atoms with Crippen molar-refractivity contribution in [2.24, 2.45) is 5.41 Å². The van der Waals surface area contributed by atoms with Gasteiger partial charge in [0.2, 0.25) is 0 Å². The monoisotopic (exact) mass is 212 g/mol. The lowest BCUT2D eigenvalue weighted by atomic mass is 9.91. The van der Waals surface area contributed by atoms with Gasteiger partial charge in [-0.2, -0.15) is 0 Å². The summed E-state index contributed by atoms with van der Waals surface area (Å²) in [5.41, 5.74) is 0.184. The molecular weight excluding hydrogens is 200 g/mol. The molecule has 0 spiro atoms.